The van der Waals surface area contributed by atoms with Gasteiger partial charge in [0.2, 0.25) is 0 Å². The van der Waals surface area contributed by atoms with Gasteiger partial charge in [-0.25, -0.2) is 4.79 Å². The molecule has 1 unspecified atom stereocenters. The number of rotatable bonds is 1. The number of aryl methyl sites for hydroxylation is 1. The van der Waals surface area contributed by atoms with Crippen LogP contribution in [0.25, 0.3) is 10.9 Å². The van der Waals surface area contributed by atoms with E-state index in [9.17, 15) is 14.7 Å². The molecule has 128 valence electrons. The topological polar surface area (TPSA) is 87.5 Å². The molecule has 0 aliphatic carbocycles. The van der Waals surface area contributed by atoms with E-state index in [0.717, 1.165) is 10.9 Å². The van der Waals surface area contributed by atoms with Crippen LogP contribution in [0.5, 0.6) is 0 Å². The number of carboxylic acid groups (broad SMARTS) is 1. The van der Waals surface area contributed by atoms with Gasteiger partial charge in [0, 0.05) is 25.5 Å². The normalized spacial score (nSPS) is 21.8. The lowest BCUT2D eigenvalue weighted by Gasteiger charge is -2.52. The van der Waals surface area contributed by atoms with Gasteiger partial charge in [0.25, 0.3) is 5.91 Å². The van der Waals surface area contributed by atoms with Gasteiger partial charge in [-0.1, -0.05) is 26.8 Å². The van der Waals surface area contributed by atoms with E-state index < -0.39 is 17.0 Å². The number of carbonyl (C=O) groups excluding carboxylic acids is 1. The summed E-state index contributed by atoms with van der Waals surface area (Å²) in [6, 6.07) is 5.58. The van der Waals surface area contributed by atoms with Crippen molar-refractivity contribution in [2.75, 3.05) is 13.1 Å². The summed E-state index contributed by atoms with van der Waals surface area (Å²) in [5.74, 6) is -0.285. The van der Waals surface area contributed by atoms with E-state index in [0.29, 0.717) is 12.1 Å². The van der Waals surface area contributed by atoms with Gasteiger partial charge in [0.15, 0.2) is 5.54 Å². The molecule has 7 nitrogen and oxygen atoms in total. The van der Waals surface area contributed by atoms with E-state index >= 15 is 0 Å². The van der Waals surface area contributed by atoms with Crippen molar-refractivity contribution in [3.63, 3.8) is 0 Å². The second-order valence-electron chi connectivity index (χ2n) is 7.19. The lowest BCUT2D eigenvalue weighted by Crippen LogP contribution is -2.69. The first-order valence-corrected chi connectivity index (χ1v) is 7.90. The molecule has 24 heavy (non-hydrogen) atoms. The number of benzene rings is 1. The molecular formula is C17H22N4O3. The molecule has 2 aromatic rings. The number of aromatic nitrogens is 2. The second kappa shape index (κ2) is 5.22. The molecule has 1 aliphatic heterocycles. The number of amides is 2. The van der Waals surface area contributed by atoms with Crippen LogP contribution in [0.3, 0.4) is 0 Å². The third-order valence-electron chi connectivity index (χ3n) is 4.83. The Hall–Kier alpha value is -2.57. The Balaban J connectivity index is 2.31. The summed E-state index contributed by atoms with van der Waals surface area (Å²) in [5, 5.41) is 17.7. The van der Waals surface area contributed by atoms with Gasteiger partial charge in [0.05, 0.1) is 11.7 Å². The minimum absolute atomic E-state index is 0.253. The van der Waals surface area contributed by atoms with Gasteiger partial charge in [0.1, 0.15) is 0 Å². The fourth-order valence-corrected chi connectivity index (χ4v) is 3.79. The Kier molecular flexibility index (Phi) is 3.55. The van der Waals surface area contributed by atoms with Crippen molar-refractivity contribution in [3.05, 3.63) is 30.0 Å². The highest BCUT2D eigenvalue weighted by Gasteiger charge is 2.57. The van der Waals surface area contributed by atoms with Gasteiger partial charge in [-0.3, -0.25) is 14.4 Å². The Bertz CT molecular complexity index is 821. The molecule has 2 N–H and O–H groups in total. The van der Waals surface area contributed by atoms with Crippen LogP contribution in [0.15, 0.2) is 24.4 Å². The van der Waals surface area contributed by atoms with E-state index in [1.54, 1.807) is 10.9 Å². The highest BCUT2D eigenvalue weighted by atomic mass is 16.4. The summed E-state index contributed by atoms with van der Waals surface area (Å²) in [6.07, 6.45) is 0.632. The monoisotopic (exact) mass is 330 g/mol. The summed E-state index contributed by atoms with van der Waals surface area (Å²) >= 11 is 0. The van der Waals surface area contributed by atoms with Crippen molar-refractivity contribution < 1.29 is 14.7 Å². The average Bonchev–Trinajstić information content (AvgIpc) is 2.86. The van der Waals surface area contributed by atoms with Crippen LogP contribution in [-0.4, -0.2) is 44.9 Å². The molecule has 1 fully saturated rings. The smallest absolute Gasteiger partial charge is 0.408 e. The van der Waals surface area contributed by atoms with Crippen LogP contribution in [-0.2, 0) is 17.4 Å². The highest BCUT2D eigenvalue weighted by Crippen LogP contribution is 2.46. The van der Waals surface area contributed by atoms with Crippen molar-refractivity contribution in [1.82, 2.24) is 20.0 Å². The van der Waals surface area contributed by atoms with Crippen LogP contribution < -0.4 is 5.32 Å². The Labute approximate surface area is 140 Å². The zero-order valence-electron chi connectivity index (χ0n) is 14.3. The van der Waals surface area contributed by atoms with Gasteiger partial charge in [-0.05, 0) is 23.1 Å². The fourth-order valence-electron chi connectivity index (χ4n) is 3.79. The van der Waals surface area contributed by atoms with Crippen molar-refractivity contribution in [2.45, 2.75) is 26.3 Å². The predicted molar refractivity (Wildman–Crippen MR) is 89.6 cm³/mol. The summed E-state index contributed by atoms with van der Waals surface area (Å²) in [4.78, 5) is 26.2. The molecule has 1 atom stereocenters. The maximum absolute atomic E-state index is 13.0. The lowest BCUT2D eigenvalue weighted by atomic mass is 9.66. The van der Waals surface area contributed by atoms with Crippen LogP contribution in [0.1, 0.15) is 26.3 Å². The fraction of sp³-hybridized carbons (Fsp3) is 0.471. The zero-order valence-corrected chi connectivity index (χ0v) is 14.3. The average molecular weight is 330 g/mol. The number of hydrogen-bond acceptors (Lipinski definition) is 3. The Morgan fingerprint density at radius 1 is 1.38 bits per heavy atom. The predicted octanol–water partition coefficient (Wildman–Crippen LogP) is 1.92. The Morgan fingerprint density at radius 3 is 2.71 bits per heavy atom. The quantitative estimate of drug-likeness (QED) is 0.836. The molecule has 0 radical (unpaired) electrons. The maximum atomic E-state index is 13.0. The van der Waals surface area contributed by atoms with Gasteiger partial charge in [-0.2, -0.15) is 5.10 Å². The van der Waals surface area contributed by atoms with Crippen LogP contribution in [0.4, 0.5) is 4.79 Å². The second-order valence-corrected chi connectivity index (χ2v) is 7.19. The summed E-state index contributed by atoms with van der Waals surface area (Å²) < 4.78 is 1.75. The molecule has 2 heterocycles. The minimum Gasteiger partial charge on any atom is -0.465 e. The van der Waals surface area contributed by atoms with Crippen molar-refractivity contribution >= 4 is 22.9 Å². The minimum atomic E-state index is -1.29. The van der Waals surface area contributed by atoms with Crippen molar-refractivity contribution in [1.29, 1.82) is 0 Å². The molecule has 0 saturated carbocycles. The molecule has 1 aromatic heterocycles. The van der Waals surface area contributed by atoms with E-state index in [-0.39, 0.29) is 12.5 Å². The third-order valence-corrected chi connectivity index (χ3v) is 4.83. The van der Waals surface area contributed by atoms with Crippen molar-refractivity contribution in [2.24, 2.45) is 12.5 Å². The summed E-state index contributed by atoms with van der Waals surface area (Å²) in [7, 11) is 1.85. The Morgan fingerprint density at radius 2 is 2.08 bits per heavy atom. The molecule has 1 aliphatic rings. The summed E-state index contributed by atoms with van der Waals surface area (Å²) in [6.45, 7) is 6.24. The van der Waals surface area contributed by atoms with Crippen LogP contribution >= 0.6 is 0 Å². The number of carbonyl (C=O) groups is 2. The molecule has 1 saturated heterocycles. The van der Waals surface area contributed by atoms with Crippen molar-refractivity contribution in [3.8, 4) is 0 Å². The lowest BCUT2D eigenvalue weighted by molar-refractivity contribution is -0.145. The largest absolute Gasteiger partial charge is 0.465 e. The number of hydrogen-bond donors (Lipinski definition) is 2. The van der Waals surface area contributed by atoms with E-state index in [4.69, 9.17) is 0 Å². The van der Waals surface area contributed by atoms with E-state index in [1.807, 2.05) is 46.0 Å². The molecule has 2 amide bonds. The molecule has 3 rings (SSSR count). The first kappa shape index (κ1) is 16.3. The van der Waals surface area contributed by atoms with Gasteiger partial charge in [-0.15, -0.1) is 0 Å². The molecular weight excluding hydrogens is 308 g/mol. The SMILES string of the molecule is Cn1ncc2cc(C3(C(C)(C)C)C(=O)NCCN3C(=O)O)ccc21. The third kappa shape index (κ3) is 2.07. The molecule has 7 heteroatoms. The number of nitrogens with one attached hydrogen (secondary N) is 1. The van der Waals surface area contributed by atoms with Gasteiger partial charge < -0.3 is 10.4 Å². The maximum Gasteiger partial charge on any atom is 0.408 e. The van der Waals surface area contributed by atoms with Gasteiger partial charge >= 0.3 is 6.09 Å². The molecule has 1 aromatic carbocycles. The van der Waals surface area contributed by atoms with Crippen LogP contribution in [0, 0.1) is 5.41 Å². The molecule has 0 spiro atoms. The van der Waals surface area contributed by atoms with E-state index in [2.05, 4.69) is 10.4 Å². The van der Waals surface area contributed by atoms with Crippen LogP contribution in [0.2, 0.25) is 0 Å². The number of fused-ring (bicyclic) bond motifs is 1. The number of piperazine rings is 1. The zero-order chi connectivity index (χ0) is 17.7. The molecule has 0 bridgehead atoms. The number of nitrogens with zero attached hydrogens (tertiary/aromatic N) is 3. The first-order chi connectivity index (χ1) is 11.2. The highest BCUT2D eigenvalue weighted by molar-refractivity contribution is 5.94. The first-order valence-electron chi connectivity index (χ1n) is 7.90. The van der Waals surface area contributed by atoms with E-state index in [1.165, 1.54) is 4.90 Å². The standard InChI is InChI=1S/C17H22N4O3/c1-16(2,3)17(14(22)18-7-8-21(17)15(23)24)12-5-6-13-11(9-12)10-19-20(13)4/h5-6,9-10H,7-8H2,1-4H3,(H,18,22)(H,23,24). The summed E-state index contributed by atoms with van der Waals surface area (Å²) in [5.41, 5.74) is -0.330.